The van der Waals surface area contributed by atoms with E-state index in [1.54, 1.807) is 12.3 Å². The van der Waals surface area contributed by atoms with Gasteiger partial charge in [-0.25, -0.2) is 0 Å². The highest BCUT2D eigenvalue weighted by Crippen LogP contribution is 2.36. The van der Waals surface area contributed by atoms with Gasteiger partial charge in [-0.05, 0) is 36.6 Å². The van der Waals surface area contributed by atoms with Gasteiger partial charge in [0.15, 0.2) is 0 Å². The van der Waals surface area contributed by atoms with Crippen LogP contribution in [0.25, 0.3) is 10.6 Å². The summed E-state index contributed by atoms with van der Waals surface area (Å²) in [4.78, 5) is 17.3. The van der Waals surface area contributed by atoms with Crippen molar-refractivity contribution >= 4 is 11.3 Å². The first-order valence-corrected chi connectivity index (χ1v) is 9.58. The molecule has 128 valence electrons. The van der Waals surface area contributed by atoms with Crippen molar-refractivity contribution in [3.63, 3.8) is 0 Å². The largest absolute Gasteiger partial charge is 0.312 e. The van der Waals surface area contributed by atoms with E-state index >= 15 is 0 Å². The number of thiophene rings is 1. The highest BCUT2D eigenvalue weighted by atomic mass is 32.1. The van der Waals surface area contributed by atoms with E-state index in [-0.39, 0.29) is 5.56 Å². The Hall–Kier alpha value is -2.18. The van der Waals surface area contributed by atoms with Gasteiger partial charge < -0.3 is 4.57 Å². The van der Waals surface area contributed by atoms with Crippen LogP contribution in [0.4, 0.5) is 0 Å². The Morgan fingerprint density at radius 1 is 1.16 bits per heavy atom. The second-order valence-corrected chi connectivity index (χ2v) is 8.30. The molecule has 0 spiro atoms. The van der Waals surface area contributed by atoms with Gasteiger partial charge in [0, 0.05) is 54.9 Å². The Morgan fingerprint density at radius 2 is 2.12 bits per heavy atom. The first-order valence-electron chi connectivity index (χ1n) is 8.77. The van der Waals surface area contributed by atoms with E-state index < -0.39 is 0 Å². The summed E-state index contributed by atoms with van der Waals surface area (Å²) >= 11 is 1.83. The van der Waals surface area contributed by atoms with Crippen molar-refractivity contribution in [2.75, 3.05) is 13.1 Å². The minimum atomic E-state index is 0.156. The summed E-state index contributed by atoms with van der Waals surface area (Å²) in [7, 11) is 0. The van der Waals surface area contributed by atoms with Crippen LogP contribution in [0, 0.1) is 5.92 Å². The smallest absolute Gasteiger partial charge is 0.250 e. The van der Waals surface area contributed by atoms with Crippen LogP contribution in [0.5, 0.6) is 0 Å². The monoisotopic (exact) mass is 352 g/mol. The van der Waals surface area contributed by atoms with E-state index in [0.717, 1.165) is 31.9 Å². The highest BCUT2D eigenvalue weighted by molar-refractivity contribution is 7.15. The van der Waals surface area contributed by atoms with Crippen LogP contribution in [-0.4, -0.2) is 32.8 Å². The number of nitrogens with one attached hydrogen (secondary N) is 1. The molecular formula is C19H20N4OS. The molecule has 0 amide bonds. The fourth-order valence-corrected chi connectivity index (χ4v) is 5.37. The summed E-state index contributed by atoms with van der Waals surface area (Å²) in [6, 6.07) is 12.1. The molecule has 0 radical (unpaired) electrons. The number of hydrogen-bond donors (Lipinski definition) is 1. The van der Waals surface area contributed by atoms with Crippen molar-refractivity contribution in [2.24, 2.45) is 5.92 Å². The molecule has 0 unspecified atom stereocenters. The lowest BCUT2D eigenvalue weighted by atomic mass is 9.83. The molecule has 25 heavy (non-hydrogen) atoms. The number of nitrogens with zero attached hydrogens (tertiary/aromatic N) is 3. The molecule has 1 fully saturated rings. The second-order valence-electron chi connectivity index (χ2n) is 7.13. The van der Waals surface area contributed by atoms with Crippen LogP contribution in [-0.2, 0) is 13.1 Å². The number of aromatic nitrogens is 3. The van der Waals surface area contributed by atoms with Gasteiger partial charge >= 0.3 is 0 Å². The number of rotatable bonds is 3. The van der Waals surface area contributed by atoms with Crippen molar-refractivity contribution in [3.05, 3.63) is 63.5 Å². The summed E-state index contributed by atoms with van der Waals surface area (Å²) in [5.74, 6) is 1.06. The molecule has 3 aromatic heterocycles. The zero-order chi connectivity index (χ0) is 16.8. The third-order valence-electron chi connectivity index (χ3n) is 5.36. The number of H-pyrrole nitrogens is 1. The molecule has 5 heterocycles. The molecule has 5 nitrogen and oxygen atoms in total. The molecule has 2 aliphatic rings. The first-order chi connectivity index (χ1) is 12.3. The predicted molar refractivity (Wildman–Crippen MR) is 98.7 cm³/mol. The third-order valence-corrected chi connectivity index (χ3v) is 6.47. The Labute approximate surface area is 149 Å². The lowest BCUT2D eigenvalue weighted by Crippen LogP contribution is -2.46. The Bertz CT molecular complexity index is 942. The average molecular weight is 352 g/mol. The van der Waals surface area contributed by atoms with E-state index in [0.29, 0.717) is 11.8 Å². The maximum Gasteiger partial charge on any atom is 0.250 e. The fraction of sp³-hybridized carbons (Fsp3) is 0.368. The first kappa shape index (κ1) is 15.1. The van der Waals surface area contributed by atoms with Crippen LogP contribution in [0.15, 0.2) is 47.4 Å². The topological polar surface area (TPSA) is 53.9 Å². The summed E-state index contributed by atoms with van der Waals surface area (Å²) in [5.41, 5.74) is 2.46. The van der Waals surface area contributed by atoms with Crippen molar-refractivity contribution < 1.29 is 0 Å². The van der Waals surface area contributed by atoms with Gasteiger partial charge in [0.2, 0.25) is 0 Å². The molecule has 6 heteroatoms. The van der Waals surface area contributed by atoms with Gasteiger partial charge in [-0.15, -0.1) is 11.3 Å². The summed E-state index contributed by atoms with van der Waals surface area (Å²) in [5, 5.41) is 7.07. The van der Waals surface area contributed by atoms with E-state index in [2.05, 4.69) is 33.3 Å². The van der Waals surface area contributed by atoms with Gasteiger partial charge in [0.25, 0.3) is 5.56 Å². The predicted octanol–water partition coefficient (Wildman–Crippen LogP) is 2.92. The molecule has 5 rings (SSSR count). The van der Waals surface area contributed by atoms with E-state index in [4.69, 9.17) is 0 Å². The van der Waals surface area contributed by atoms with Gasteiger partial charge in [0.05, 0.1) is 10.6 Å². The van der Waals surface area contributed by atoms with Crippen molar-refractivity contribution in [3.8, 4) is 10.6 Å². The van der Waals surface area contributed by atoms with Crippen LogP contribution < -0.4 is 5.56 Å². The zero-order valence-corrected chi connectivity index (χ0v) is 14.7. The minimum absolute atomic E-state index is 0.156. The number of fused-ring (bicyclic) bond motifs is 4. The van der Waals surface area contributed by atoms with Gasteiger partial charge in [0.1, 0.15) is 0 Å². The molecule has 0 saturated carbocycles. The number of piperidine rings is 1. The molecule has 0 aliphatic carbocycles. The molecule has 2 aliphatic heterocycles. The number of likely N-dealkylation sites (tertiary alicyclic amines) is 1. The lowest BCUT2D eigenvalue weighted by molar-refractivity contribution is 0.115. The third kappa shape index (κ3) is 2.75. The van der Waals surface area contributed by atoms with Crippen LogP contribution in [0.2, 0.25) is 0 Å². The van der Waals surface area contributed by atoms with Gasteiger partial charge in [-0.2, -0.15) is 5.10 Å². The minimum Gasteiger partial charge on any atom is -0.312 e. The Balaban J connectivity index is 1.35. The van der Waals surface area contributed by atoms with Gasteiger partial charge in [-0.1, -0.05) is 6.07 Å². The molecule has 1 N–H and O–H groups in total. The SMILES string of the molecule is O=c1cccc2n1C[C@H]1C[C@H]2CN(Cc2ccc(-c3ccn[nH]3)s2)C1. The summed E-state index contributed by atoms with van der Waals surface area (Å²) < 4.78 is 2.00. The maximum atomic E-state index is 12.1. The van der Waals surface area contributed by atoms with E-state index in [1.807, 2.05) is 28.0 Å². The Kier molecular flexibility index (Phi) is 3.60. The average Bonchev–Trinajstić information content (AvgIpc) is 3.27. The van der Waals surface area contributed by atoms with Crippen LogP contribution >= 0.6 is 11.3 Å². The maximum absolute atomic E-state index is 12.1. The van der Waals surface area contributed by atoms with Crippen LogP contribution in [0.1, 0.15) is 22.9 Å². The lowest BCUT2D eigenvalue weighted by Gasteiger charge is -2.42. The second kappa shape index (κ2) is 5.97. The molecule has 2 atom stereocenters. The van der Waals surface area contributed by atoms with Gasteiger partial charge in [-0.3, -0.25) is 14.8 Å². The van der Waals surface area contributed by atoms with Crippen molar-refractivity contribution in [1.82, 2.24) is 19.7 Å². The Morgan fingerprint density at radius 3 is 3.00 bits per heavy atom. The summed E-state index contributed by atoms with van der Waals surface area (Å²) in [6.07, 6.45) is 3.00. The molecular weight excluding hydrogens is 332 g/mol. The molecule has 3 aromatic rings. The zero-order valence-electron chi connectivity index (χ0n) is 13.9. The number of pyridine rings is 1. The van der Waals surface area contributed by atoms with E-state index in [1.165, 1.54) is 21.9 Å². The highest BCUT2D eigenvalue weighted by Gasteiger charge is 2.34. The molecule has 0 aromatic carbocycles. The fourth-order valence-electron chi connectivity index (χ4n) is 4.35. The van der Waals surface area contributed by atoms with Crippen LogP contribution in [0.3, 0.4) is 0 Å². The normalized spacial score (nSPS) is 22.7. The van der Waals surface area contributed by atoms with Crippen molar-refractivity contribution in [2.45, 2.75) is 25.4 Å². The summed E-state index contributed by atoms with van der Waals surface area (Å²) in [6.45, 7) is 3.97. The quantitative estimate of drug-likeness (QED) is 0.788. The van der Waals surface area contributed by atoms with E-state index in [9.17, 15) is 4.79 Å². The molecule has 1 saturated heterocycles. The van der Waals surface area contributed by atoms with Crippen molar-refractivity contribution in [1.29, 1.82) is 0 Å². The number of aromatic amines is 1. The molecule has 2 bridgehead atoms. The standard InChI is InChI=1S/C19H20N4OS/c24-19-3-1-2-17-14-8-13(10-23(17)19)9-22(11-14)12-15-4-5-18(25-15)16-6-7-20-21-16/h1-7,13-14H,8-12H2,(H,20,21)/t13-,14-/m0/s1. The number of hydrogen-bond acceptors (Lipinski definition) is 4.